The molecule has 72 valence electrons. The predicted octanol–water partition coefficient (Wildman–Crippen LogP) is 0.239. The molecule has 0 aliphatic carbocycles. The number of ether oxygens (including phenoxy) is 1. The molecule has 0 N–H and O–H groups in total. The molecule has 2 rings (SSSR count). The summed E-state index contributed by atoms with van der Waals surface area (Å²) in [6.07, 6.45) is 1.44. The maximum Gasteiger partial charge on any atom is 0.251 e. The van der Waals surface area contributed by atoms with Crippen LogP contribution in [0.1, 0.15) is 5.89 Å². The van der Waals surface area contributed by atoms with Gasteiger partial charge in [-0.15, -0.1) is 10.2 Å². The summed E-state index contributed by atoms with van der Waals surface area (Å²) in [6, 6.07) is 0. The first-order valence-corrected chi connectivity index (χ1v) is 3.84. The van der Waals surface area contributed by atoms with Gasteiger partial charge < -0.3 is 9.26 Å². The molecular formula is C7H7N5O2. The Balaban J connectivity index is 2.33. The normalized spacial score (nSPS) is 10.1. The largest absolute Gasteiger partial charge is 0.479 e. The molecule has 2 aromatic rings. The Labute approximate surface area is 79.1 Å². The fraction of sp³-hybridized carbons (Fsp3) is 0.286. The van der Waals surface area contributed by atoms with Crippen molar-refractivity contribution in [1.82, 2.24) is 25.3 Å². The minimum atomic E-state index is 0.308. The third-order valence-corrected chi connectivity index (χ3v) is 1.48. The van der Waals surface area contributed by atoms with E-state index in [4.69, 9.17) is 9.26 Å². The van der Waals surface area contributed by atoms with E-state index in [0.717, 1.165) is 0 Å². The lowest BCUT2D eigenvalue weighted by Crippen LogP contribution is -1.96. The molecule has 0 spiro atoms. The molecule has 0 aromatic carbocycles. The summed E-state index contributed by atoms with van der Waals surface area (Å²) < 4.78 is 9.59. The van der Waals surface area contributed by atoms with Gasteiger partial charge in [-0.25, -0.2) is 4.98 Å². The van der Waals surface area contributed by atoms with E-state index in [1.54, 1.807) is 6.92 Å². The van der Waals surface area contributed by atoms with E-state index in [1.165, 1.54) is 13.3 Å². The van der Waals surface area contributed by atoms with Crippen LogP contribution in [0.25, 0.3) is 11.6 Å². The first-order chi connectivity index (χ1) is 6.79. The van der Waals surface area contributed by atoms with Crippen molar-refractivity contribution in [3.8, 4) is 17.5 Å². The summed E-state index contributed by atoms with van der Waals surface area (Å²) >= 11 is 0. The third kappa shape index (κ3) is 1.51. The van der Waals surface area contributed by atoms with E-state index in [1.807, 2.05) is 0 Å². The van der Waals surface area contributed by atoms with Gasteiger partial charge in [-0.05, 0) is 0 Å². The molecule has 0 atom stereocenters. The number of methoxy groups -OCH3 is 1. The molecule has 0 amide bonds. The second-order valence-electron chi connectivity index (χ2n) is 2.46. The maximum atomic E-state index is 4.81. The van der Waals surface area contributed by atoms with Crippen LogP contribution < -0.4 is 4.74 Å². The predicted molar refractivity (Wildman–Crippen MR) is 44.4 cm³/mol. The number of aromatic nitrogens is 5. The Morgan fingerprint density at radius 2 is 2.14 bits per heavy atom. The summed E-state index contributed by atoms with van der Waals surface area (Å²) in [7, 11) is 1.49. The standard InChI is InChI=1S/C7H7N5O2/c1-4-9-7(12-14-4)6-8-3-5(13-2)10-11-6/h3H,1-2H3. The van der Waals surface area contributed by atoms with Crippen molar-refractivity contribution in [3.05, 3.63) is 12.1 Å². The number of hydrogen-bond donors (Lipinski definition) is 0. The fourth-order valence-corrected chi connectivity index (χ4v) is 0.851. The van der Waals surface area contributed by atoms with Gasteiger partial charge in [0, 0.05) is 6.92 Å². The Kier molecular flexibility index (Phi) is 2.05. The van der Waals surface area contributed by atoms with Gasteiger partial charge in [0.2, 0.25) is 17.5 Å². The number of aryl methyl sites for hydroxylation is 1. The molecule has 7 heteroatoms. The van der Waals surface area contributed by atoms with Crippen LogP contribution in [-0.2, 0) is 0 Å². The highest BCUT2D eigenvalue weighted by molar-refractivity contribution is 5.39. The van der Waals surface area contributed by atoms with Crippen LogP contribution in [-0.4, -0.2) is 32.4 Å². The number of hydrogen-bond acceptors (Lipinski definition) is 7. The SMILES string of the molecule is COc1cnc(-c2noc(C)n2)nn1. The molecule has 0 unspecified atom stereocenters. The quantitative estimate of drug-likeness (QED) is 0.674. The monoisotopic (exact) mass is 193 g/mol. The van der Waals surface area contributed by atoms with Gasteiger partial charge in [-0.2, -0.15) is 4.98 Å². The van der Waals surface area contributed by atoms with Gasteiger partial charge in [0.1, 0.15) is 0 Å². The van der Waals surface area contributed by atoms with Crippen LogP contribution in [0, 0.1) is 6.92 Å². The molecule has 0 saturated heterocycles. The van der Waals surface area contributed by atoms with Crippen molar-refractivity contribution in [2.24, 2.45) is 0 Å². The first kappa shape index (κ1) is 8.54. The van der Waals surface area contributed by atoms with E-state index in [2.05, 4.69) is 25.3 Å². The van der Waals surface area contributed by atoms with Gasteiger partial charge in [0.15, 0.2) is 0 Å². The van der Waals surface area contributed by atoms with Gasteiger partial charge in [-0.3, -0.25) is 0 Å². The van der Waals surface area contributed by atoms with Crippen molar-refractivity contribution in [2.75, 3.05) is 7.11 Å². The summed E-state index contributed by atoms with van der Waals surface area (Å²) in [6.45, 7) is 1.69. The average molecular weight is 193 g/mol. The lowest BCUT2D eigenvalue weighted by atomic mass is 10.5. The average Bonchev–Trinajstić information content (AvgIpc) is 2.65. The van der Waals surface area contributed by atoms with Crippen LogP contribution in [0.2, 0.25) is 0 Å². The molecule has 2 heterocycles. The van der Waals surface area contributed by atoms with Crippen molar-refractivity contribution >= 4 is 0 Å². The zero-order valence-electron chi connectivity index (χ0n) is 7.63. The Morgan fingerprint density at radius 1 is 1.29 bits per heavy atom. The lowest BCUT2D eigenvalue weighted by molar-refractivity contribution is 0.387. The third-order valence-electron chi connectivity index (χ3n) is 1.48. The molecular weight excluding hydrogens is 186 g/mol. The van der Waals surface area contributed by atoms with Crippen molar-refractivity contribution in [3.63, 3.8) is 0 Å². The van der Waals surface area contributed by atoms with Crippen LogP contribution in [0.15, 0.2) is 10.7 Å². The van der Waals surface area contributed by atoms with Crippen molar-refractivity contribution in [2.45, 2.75) is 6.92 Å². The van der Waals surface area contributed by atoms with E-state index < -0.39 is 0 Å². The molecule has 7 nitrogen and oxygen atoms in total. The fourth-order valence-electron chi connectivity index (χ4n) is 0.851. The van der Waals surface area contributed by atoms with Crippen LogP contribution in [0.4, 0.5) is 0 Å². The molecule has 0 aliphatic rings. The molecule has 14 heavy (non-hydrogen) atoms. The van der Waals surface area contributed by atoms with E-state index in [0.29, 0.717) is 23.4 Å². The Hall–Kier alpha value is -2.05. The molecule has 2 aromatic heterocycles. The second kappa shape index (κ2) is 3.36. The Bertz CT molecular complexity index is 424. The molecule has 0 radical (unpaired) electrons. The summed E-state index contributed by atoms with van der Waals surface area (Å²) in [5.74, 6) is 1.42. The van der Waals surface area contributed by atoms with E-state index in [9.17, 15) is 0 Å². The van der Waals surface area contributed by atoms with Gasteiger partial charge >= 0.3 is 0 Å². The summed E-state index contributed by atoms with van der Waals surface area (Å²) in [5, 5.41) is 11.1. The minimum absolute atomic E-state index is 0.308. The van der Waals surface area contributed by atoms with Crippen molar-refractivity contribution in [1.29, 1.82) is 0 Å². The zero-order valence-corrected chi connectivity index (χ0v) is 7.63. The van der Waals surface area contributed by atoms with E-state index >= 15 is 0 Å². The van der Waals surface area contributed by atoms with Crippen LogP contribution in [0.5, 0.6) is 5.88 Å². The first-order valence-electron chi connectivity index (χ1n) is 3.84. The van der Waals surface area contributed by atoms with Gasteiger partial charge in [0.05, 0.1) is 13.3 Å². The van der Waals surface area contributed by atoms with Gasteiger partial charge in [-0.1, -0.05) is 5.16 Å². The molecule has 0 bridgehead atoms. The van der Waals surface area contributed by atoms with E-state index in [-0.39, 0.29) is 0 Å². The number of rotatable bonds is 2. The zero-order chi connectivity index (χ0) is 9.97. The molecule has 0 saturated carbocycles. The van der Waals surface area contributed by atoms with Crippen molar-refractivity contribution < 1.29 is 9.26 Å². The minimum Gasteiger partial charge on any atom is -0.479 e. The Morgan fingerprint density at radius 3 is 2.64 bits per heavy atom. The highest BCUT2D eigenvalue weighted by Crippen LogP contribution is 2.09. The number of nitrogens with zero attached hydrogens (tertiary/aromatic N) is 5. The smallest absolute Gasteiger partial charge is 0.251 e. The maximum absolute atomic E-state index is 4.81. The molecule has 0 fully saturated rings. The highest BCUT2D eigenvalue weighted by atomic mass is 16.5. The van der Waals surface area contributed by atoms with Gasteiger partial charge in [0.25, 0.3) is 5.88 Å². The van der Waals surface area contributed by atoms with Crippen LogP contribution in [0.3, 0.4) is 0 Å². The lowest BCUT2D eigenvalue weighted by Gasteiger charge is -1.95. The summed E-state index contributed by atoms with van der Waals surface area (Å²) in [5.41, 5.74) is 0. The van der Waals surface area contributed by atoms with Crippen LogP contribution >= 0.6 is 0 Å². The second-order valence-corrected chi connectivity index (χ2v) is 2.46. The highest BCUT2D eigenvalue weighted by Gasteiger charge is 2.09. The topological polar surface area (TPSA) is 86.8 Å². The summed E-state index contributed by atoms with van der Waals surface area (Å²) in [4.78, 5) is 7.90. The molecule has 0 aliphatic heterocycles.